The summed E-state index contributed by atoms with van der Waals surface area (Å²) in [7, 11) is -2.49. The van der Waals surface area contributed by atoms with Gasteiger partial charge >= 0.3 is 0 Å². The molecule has 0 spiro atoms. The lowest BCUT2D eigenvalue weighted by atomic mass is 10.3. The quantitative estimate of drug-likeness (QED) is 0.617. The number of carbonyl (C=O) groups is 3. The van der Waals surface area contributed by atoms with Crippen LogP contribution >= 0.6 is 0 Å². The fourth-order valence-corrected chi connectivity index (χ4v) is 3.76. The van der Waals surface area contributed by atoms with Crippen LogP contribution in [-0.4, -0.2) is 68.7 Å². The Bertz CT molecular complexity index is 804. The van der Waals surface area contributed by atoms with E-state index in [1.807, 2.05) is 13.8 Å². The molecule has 0 bridgehead atoms. The molecule has 28 heavy (non-hydrogen) atoms. The number of nitrogens with one attached hydrogen (secondary N) is 2. The first-order valence-corrected chi connectivity index (χ1v) is 10.4. The van der Waals surface area contributed by atoms with Crippen LogP contribution in [0.4, 0.5) is 5.69 Å². The number of sulfonamides is 1. The van der Waals surface area contributed by atoms with Crippen molar-refractivity contribution in [3.63, 3.8) is 0 Å². The summed E-state index contributed by atoms with van der Waals surface area (Å²) in [6.45, 7) is 7.40. The van der Waals surface area contributed by atoms with Crippen LogP contribution < -0.4 is 10.0 Å². The van der Waals surface area contributed by atoms with Gasteiger partial charge in [-0.05, 0) is 45.0 Å². The Morgan fingerprint density at radius 1 is 1.07 bits per heavy atom. The van der Waals surface area contributed by atoms with Gasteiger partial charge in [0.05, 0.1) is 17.5 Å². The standard InChI is InChI=1S/C18H28N4O5S/c1-6-22(7-2)17(24)12-21(5)18(25)13(3)20-28(26,27)16-10-8-15(9-11-16)19-14(4)23/h8-11,13,20H,6-7,12H2,1-5H3,(H,19,23)/t13-/m0/s1. The zero-order valence-corrected chi connectivity index (χ0v) is 17.7. The molecule has 3 amide bonds. The predicted molar refractivity (Wildman–Crippen MR) is 106 cm³/mol. The van der Waals surface area contributed by atoms with E-state index in [1.165, 1.54) is 50.1 Å². The second kappa shape index (κ2) is 10.2. The Hall–Kier alpha value is -2.46. The van der Waals surface area contributed by atoms with Crippen molar-refractivity contribution in [3.05, 3.63) is 24.3 Å². The van der Waals surface area contributed by atoms with Gasteiger partial charge in [0.25, 0.3) is 0 Å². The minimum absolute atomic E-state index is 0.0388. The highest BCUT2D eigenvalue weighted by molar-refractivity contribution is 7.89. The molecule has 0 radical (unpaired) electrons. The monoisotopic (exact) mass is 412 g/mol. The first-order chi connectivity index (χ1) is 13.0. The fourth-order valence-electron chi connectivity index (χ4n) is 2.56. The van der Waals surface area contributed by atoms with Gasteiger partial charge in [-0.25, -0.2) is 8.42 Å². The van der Waals surface area contributed by atoms with Gasteiger partial charge in [0.15, 0.2) is 0 Å². The summed E-state index contributed by atoms with van der Waals surface area (Å²) in [6.07, 6.45) is 0. The predicted octanol–water partition coefficient (Wildman–Crippen LogP) is 0.639. The highest BCUT2D eigenvalue weighted by atomic mass is 32.2. The minimum atomic E-state index is -3.94. The lowest BCUT2D eigenvalue weighted by Crippen LogP contribution is -2.48. The van der Waals surface area contributed by atoms with E-state index in [4.69, 9.17) is 0 Å². The molecule has 1 aromatic rings. The van der Waals surface area contributed by atoms with Crippen molar-refractivity contribution in [1.82, 2.24) is 14.5 Å². The Balaban J connectivity index is 2.78. The average Bonchev–Trinajstić information content (AvgIpc) is 2.61. The molecule has 2 N–H and O–H groups in total. The van der Waals surface area contributed by atoms with Gasteiger partial charge in [-0.2, -0.15) is 4.72 Å². The van der Waals surface area contributed by atoms with Crippen LogP contribution in [0.15, 0.2) is 29.2 Å². The zero-order valence-electron chi connectivity index (χ0n) is 16.9. The molecule has 0 heterocycles. The number of likely N-dealkylation sites (N-methyl/N-ethyl adjacent to an activating group) is 2. The number of rotatable bonds is 9. The first-order valence-electron chi connectivity index (χ1n) is 8.94. The molecule has 156 valence electrons. The Morgan fingerprint density at radius 2 is 1.61 bits per heavy atom. The molecule has 9 nitrogen and oxygen atoms in total. The summed E-state index contributed by atoms with van der Waals surface area (Å²) >= 11 is 0. The molecule has 1 rings (SSSR count). The molecule has 0 aliphatic heterocycles. The molecular weight excluding hydrogens is 384 g/mol. The summed E-state index contributed by atoms with van der Waals surface area (Å²) < 4.78 is 27.3. The second-order valence-corrected chi connectivity index (χ2v) is 8.02. The smallest absolute Gasteiger partial charge is 0.242 e. The topological polar surface area (TPSA) is 116 Å². The highest BCUT2D eigenvalue weighted by Gasteiger charge is 2.26. The number of anilines is 1. The average molecular weight is 413 g/mol. The van der Waals surface area contributed by atoms with E-state index in [1.54, 1.807) is 4.90 Å². The van der Waals surface area contributed by atoms with Gasteiger partial charge < -0.3 is 15.1 Å². The van der Waals surface area contributed by atoms with E-state index in [0.29, 0.717) is 18.8 Å². The van der Waals surface area contributed by atoms with Crippen LogP contribution in [0.25, 0.3) is 0 Å². The van der Waals surface area contributed by atoms with Crippen molar-refractivity contribution in [2.24, 2.45) is 0 Å². The summed E-state index contributed by atoms with van der Waals surface area (Å²) in [4.78, 5) is 38.3. The van der Waals surface area contributed by atoms with E-state index in [9.17, 15) is 22.8 Å². The summed E-state index contributed by atoms with van der Waals surface area (Å²) in [5.41, 5.74) is 0.463. The van der Waals surface area contributed by atoms with Gasteiger partial charge in [-0.3, -0.25) is 14.4 Å². The summed E-state index contributed by atoms with van der Waals surface area (Å²) in [5.74, 6) is -0.987. The molecule has 0 unspecified atom stereocenters. The maximum absolute atomic E-state index is 12.5. The van der Waals surface area contributed by atoms with Gasteiger partial charge in [0, 0.05) is 32.7 Å². The van der Waals surface area contributed by atoms with E-state index in [0.717, 1.165) is 0 Å². The van der Waals surface area contributed by atoms with Crippen molar-refractivity contribution in [2.75, 3.05) is 32.0 Å². The van der Waals surface area contributed by atoms with Crippen molar-refractivity contribution in [1.29, 1.82) is 0 Å². The van der Waals surface area contributed by atoms with Gasteiger partial charge in [0.1, 0.15) is 0 Å². The van der Waals surface area contributed by atoms with E-state index in [2.05, 4.69) is 10.0 Å². The number of hydrogen-bond acceptors (Lipinski definition) is 5. The van der Waals surface area contributed by atoms with Gasteiger partial charge in [-0.1, -0.05) is 0 Å². The molecular formula is C18H28N4O5S. The van der Waals surface area contributed by atoms with Crippen LogP contribution in [0.3, 0.4) is 0 Å². The first kappa shape index (κ1) is 23.6. The van der Waals surface area contributed by atoms with Gasteiger partial charge in [-0.15, -0.1) is 0 Å². The third-order valence-corrected chi connectivity index (χ3v) is 5.61. The number of nitrogens with zero attached hydrogens (tertiary/aromatic N) is 2. The molecule has 10 heteroatoms. The van der Waals surface area contributed by atoms with Crippen molar-refractivity contribution in [3.8, 4) is 0 Å². The van der Waals surface area contributed by atoms with Crippen molar-refractivity contribution in [2.45, 2.75) is 38.6 Å². The summed E-state index contributed by atoms with van der Waals surface area (Å²) in [6, 6.07) is 4.53. The SMILES string of the molecule is CCN(CC)C(=O)CN(C)C(=O)[C@H](C)NS(=O)(=O)c1ccc(NC(C)=O)cc1. The van der Waals surface area contributed by atoms with Gasteiger partial charge in [0.2, 0.25) is 27.7 Å². The molecule has 0 saturated heterocycles. The molecule has 0 aliphatic rings. The van der Waals surface area contributed by atoms with Crippen LogP contribution in [0.5, 0.6) is 0 Å². The number of amides is 3. The third kappa shape index (κ3) is 6.61. The van der Waals surface area contributed by atoms with E-state index in [-0.39, 0.29) is 23.3 Å². The highest BCUT2D eigenvalue weighted by Crippen LogP contribution is 2.14. The molecule has 0 aromatic heterocycles. The maximum atomic E-state index is 12.5. The van der Waals surface area contributed by atoms with Crippen LogP contribution in [-0.2, 0) is 24.4 Å². The number of carbonyl (C=O) groups excluding carboxylic acids is 3. The Kier molecular flexibility index (Phi) is 8.58. The van der Waals surface area contributed by atoms with Crippen LogP contribution in [0.1, 0.15) is 27.7 Å². The molecule has 1 atom stereocenters. The maximum Gasteiger partial charge on any atom is 0.242 e. The number of benzene rings is 1. The summed E-state index contributed by atoms with van der Waals surface area (Å²) in [5, 5.41) is 2.54. The lowest BCUT2D eigenvalue weighted by Gasteiger charge is -2.25. The fraction of sp³-hybridized carbons (Fsp3) is 0.500. The van der Waals surface area contributed by atoms with Crippen molar-refractivity contribution >= 4 is 33.4 Å². The normalized spacial score (nSPS) is 12.2. The molecule has 0 fully saturated rings. The third-order valence-electron chi connectivity index (χ3n) is 4.05. The molecule has 1 aromatic carbocycles. The lowest BCUT2D eigenvalue weighted by molar-refractivity contribution is -0.139. The Labute approximate surface area is 166 Å². The second-order valence-electron chi connectivity index (χ2n) is 6.31. The minimum Gasteiger partial charge on any atom is -0.342 e. The zero-order chi connectivity index (χ0) is 21.5. The largest absolute Gasteiger partial charge is 0.342 e. The van der Waals surface area contributed by atoms with E-state index < -0.39 is 22.0 Å². The van der Waals surface area contributed by atoms with Crippen LogP contribution in [0.2, 0.25) is 0 Å². The number of hydrogen-bond donors (Lipinski definition) is 2. The van der Waals surface area contributed by atoms with Crippen molar-refractivity contribution < 1.29 is 22.8 Å². The van der Waals surface area contributed by atoms with Crippen LogP contribution in [0, 0.1) is 0 Å². The molecule has 0 saturated carbocycles. The van der Waals surface area contributed by atoms with E-state index >= 15 is 0 Å². The Morgan fingerprint density at radius 3 is 2.07 bits per heavy atom. The molecule has 0 aliphatic carbocycles.